The number of hydrogen-bond acceptors (Lipinski definition) is 3. The maximum Gasteiger partial charge on any atom is 0.243 e. The quantitative estimate of drug-likeness (QED) is 0.330. The molecule has 1 aliphatic rings. The average Bonchev–Trinajstić information content (AvgIpc) is 2.67. The second kappa shape index (κ2) is 12.3. The maximum atomic E-state index is 13.6. The lowest BCUT2D eigenvalue weighted by Gasteiger charge is -2.28. The Morgan fingerprint density at radius 2 is 2.07 bits per heavy atom. The van der Waals surface area contributed by atoms with Gasteiger partial charge < -0.3 is 20.3 Å². The molecule has 0 saturated carbocycles. The lowest BCUT2D eigenvalue weighted by atomic mass is 9.84. The van der Waals surface area contributed by atoms with Crippen molar-refractivity contribution in [2.75, 3.05) is 40.3 Å². The van der Waals surface area contributed by atoms with Crippen molar-refractivity contribution in [2.24, 2.45) is 4.99 Å². The average molecular weight is 520 g/mol. The molecule has 2 rings (SSSR count). The minimum atomic E-state index is -0.308. The van der Waals surface area contributed by atoms with Crippen molar-refractivity contribution in [3.63, 3.8) is 0 Å². The molecule has 1 fully saturated rings. The highest BCUT2D eigenvalue weighted by molar-refractivity contribution is 14.0. The predicted molar refractivity (Wildman–Crippen MR) is 125 cm³/mol. The number of likely N-dealkylation sites (N-methyl/N-ethyl adjacent to an activating group) is 1. The molecular formula is C21H34FIN4O2. The van der Waals surface area contributed by atoms with Crippen LogP contribution in [0.3, 0.4) is 0 Å². The molecule has 1 saturated heterocycles. The molecule has 1 unspecified atom stereocenters. The van der Waals surface area contributed by atoms with Crippen LogP contribution < -0.4 is 10.6 Å². The number of benzene rings is 1. The van der Waals surface area contributed by atoms with Gasteiger partial charge in [0.05, 0.1) is 6.10 Å². The van der Waals surface area contributed by atoms with Gasteiger partial charge >= 0.3 is 0 Å². The van der Waals surface area contributed by atoms with Gasteiger partial charge in [-0.3, -0.25) is 4.79 Å². The van der Waals surface area contributed by atoms with Crippen LogP contribution in [0.5, 0.6) is 0 Å². The molecule has 2 N–H and O–H groups in total. The van der Waals surface area contributed by atoms with E-state index in [9.17, 15) is 9.18 Å². The SMILES string of the molecule is CN(C)C(=O)CN=C(NCC1CCCCO1)NCC(C)(C)c1cccc(F)c1.I. The van der Waals surface area contributed by atoms with E-state index in [0.717, 1.165) is 31.4 Å². The molecule has 1 heterocycles. The van der Waals surface area contributed by atoms with E-state index < -0.39 is 0 Å². The number of hydrogen-bond donors (Lipinski definition) is 2. The predicted octanol–water partition coefficient (Wildman–Crippen LogP) is 2.91. The molecule has 0 spiro atoms. The molecule has 8 heteroatoms. The number of carbonyl (C=O) groups is 1. The van der Waals surface area contributed by atoms with E-state index in [1.165, 1.54) is 11.0 Å². The Kier molecular flexibility index (Phi) is 10.9. The molecule has 0 radical (unpaired) electrons. The zero-order valence-electron chi connectivity index (χ0n) is 17.8. The summed E-state index contributed by atoms with van der Waals surface area (Å²) in [5.74, 6) is 0.247. The monoisotopic (exact) mass is 520 g/mol. The fourth-order valence-corrected chi connectivity index (χ4v) is 2.96. The van der Waals surface area contributed by atoms with Gasteiger partial charge in [-0.05, 0) is 37.0 Å². The zero-order chi connectivity index (χ0) is 20.6. The summed E-state index contributed by atoms with van der Waals surface area (Å²) in [5, 5.41) is 6.59. The smallest absolute Gasteiger partial charge is 0.243 e. The summed E-state index contributed by atoms with van der Waals surface area (Å²) < 4.78 is 19.4. The molecule has 0 aromatic heterocycles. The van der Waals surface area contributed by atoms with Gasteiger partial charge in [0.2, 0.25) is 5.91 Å². The molecule has 1 aromatic carbocycles. The topological polar surface area (TPSA) is 66.0 Å². The largest absolute Gasteiger partial charge is 0.376 e. The van der Waals surface area contributed by atoms with Crippen LogP contribution in [0, 0.1) is 5.82 Å². The van der Waals surface area contributed by atoms with Crippen LogP contribution in [0.4, 0.5) is 4.39 Å². The standard InChI is InChI=1S/C21H33FN4O2.HI/c1-21(2,16-8-7-9-17(22)12-16)15-25-20(24-14-19(27)26(3)4)23-13-18-10-5-6-11-28-18;/h7-9,12,18H,5-6,10-11,13-15H2,1-4H3,(H2,23,24,25);1H. The first-order valence-electron chi connectivity index (χ1n) is 9.88. The lowest BCUT2D eigenvalue weighted by molar-refractivity contribution is -0.127. The number of amides is 1. The molecule has 1 amide bonds. The molecule has 29 heavy (non-hydrogen) atoms. The van der Waals surface area contributed by atoms with Crippen molar-refractivity contribution >= 4 is 35.8 Å². The Bertz CT molecular complexity index is 676. The van der Waals surface area contributed by atoms with E-state index in [1.807, 2.05) is 19.9 Å². The summed E-state index contributed by atoms with van der Waals surface area (Å²) in [6, 6.07) is 6.63. The third-order valence-electron chi connectivity index (χ3n) is 4.95. The van der Waals surface area contributed by atoms with Crippen LogP contribution in [-0.2, 0) is 14.9 Å². The Morgan fingerprint density at radius 1 is 1.31 bits per heavy atom. The number of rotatable bonds is 7. The first-order chi connectivity index (χ1) is 13.3. The molecule has 1 aromatic rings. The Hall–Kier alpha value is -1.42. The lowest BCUT2D eigenvalue weighted by Crippen LogP contribution is -2.46. The van der Waals surface area contributed by atoms with E-state index >= 15 is 0 Å². The van der Waals surface area contributed by atoms with Crippen molar-refractivity contribution < 1.29 is 13.9 Å². The first-order valence-corrected chi connectivity index (χ1v) is 9.88. The number of carbonyl (C=O) groups excluding carboxylic acids is 1. The van der Waals surface area contributed by atoms with Crippen molar-refractivity contribution in [3.8, 4) is 0 Å². The third-order valence-corrected chi connectivity index (χ3v) is 4.95. The summed E-state index contributed by atoms with van der Waals surface area (Å²) in [6.45, 7) is 6.13. The third kappa shape index (κ3) is 8.86. The van der Waals surface area contributed by atoms with Gasteiger partial charge in [0.25, 0.3) is 0 Å². The number of halogens is 2. The Labute approximate surface area is 190 Å². The summed E-state index contributed by atoms with van der Waals surface area (Å²) >= 11 is 0. The van der Waals surface area contributed by atoms with Crippen LogP contribution >= 0.6 is 24.0 Å². The zero-order valence-corrected chi connectivity index (χ0v) is 20.2. The number of nitrogens with one attached hydrogen (secondary N) is 2. The second-order valence-corrected chi connectivity index (χ2v) is 8.07. The van der Waals surface area contributed by atoms with Crippen LogP contribution in [-0.4, -0.2) is 63.2 Å². The van der Waals surface area contributed by atoms with E-state index in [1.54, 1.807) is 26.2 Å². The molecule has 1 atom stereocenters. The van der Waals surface area contributed by atoms with Crippen LogP contribution in [0.15, 0.2) is 29.3 Å². The van der Waals surface area contributed by atoms with Crippen molar-refractivity contribution in [1.29, 1.82) is 0 Å². The molecule has 1 aliphatic heterocycles. The van der Waals surface area contributed by atoms with E-state index in [0.29, 0.717) is 19.0 Å². The van der Waals surface area contributed by atoms with Crippen LogP contribution in [0.25, 0.3) is 0 Å². The highest BCUT2D eigenvalue weighted by atomic mass is 127. The van der Waals surface area contributed by atoms with Gasteiger partial charge in [-0.1, -0.05) is 26.0 Å². The number of ether oxygens (including phenoxy) is 1. The van der Waals surface area contributed by atoms with E-state index in [4.69, 9.17) is 4.74 Å². The van der Waals surface area contributed by atoms with Gasteiger partial charge in [0, 0.05) is 39.2 Å². The summed E-state index contributed by atoms with van der Waals surface area (Å²) in [7, 11) is 3.42. The maximum absolute atomic E-state index is 13.6. The summed E-state index contributed by atoms with van der Waals surface area (Å²) in [5.41, 5.74) is 0.594. The normalized spacial score (nSPS) is 17.3. The fraction of sp³-hybridized carbons (Fsp3) is 0.619. The molecule has 6 nitrogen and oxygen atoms in total. The van der Waals surface area contributed by atoms with E-state index in [-0.39, 0.29) is 53.8 Å². The van der Waals surface area contributed by atoms with Gasteiger partial charge in [0.15, 0.2) is 5.96 Å². The molecule has 0 aliphatic carbocycles. The van der Waals surface area contributed by atoms with Gasteiger partial charge in [-0.15, -0.1) is 24.0 Å². The molecular weight excluding hydrogens is 486 g/mol. The fourth-order valence-electron chi connectivity index (χ4n) is 2.96. The number of guanidine groups is 1. The Morgan fingerprint density at radius 3 is 2.69 bits per heavy atom. The van der Waals surface area contributed by atoms with Gasteiger partial charge in [0.1, 0.15) is 12.4 Å². The highest BCUT2D eigenvalue weighted by Crippen LogP contribution is 2.22. The minimum Gasteiger partial charge on any atom is -0.376 e. The van der Waals surface area contributed by atoms with Crippen LogP contribution in [0.2, 0.25) is 0 Å². The highest BCUT2D eigenvalue weighted by Gasteiger charge is 2.22. The van der Waals surface area contributed by atoms with Gasteiger partial charge in [-0.2, -0.15) is 0 Å². The van der Waals surface area contributed by atoms with Crippen molar-refractivity contribution in [3.05, 3.63) is 35.6 Å². The minimum absolute atomic E-state index is 0. The van der Waals surface area contributed by atoms with E-state index in [2.05, 4.69) is 15.6 Å². The molecule has 164 valence electrons. The van der Waals surface area contributed by atoms with Crippen LogP contribution in [0.1, 0.15) is 38.7 Å². The van der Waals surface area contributed by atoms with Gasteiger partial charge in [-0.25, -0.2) is 9.38 Å². The van der Waals surface area contributed by atoms with Crippen molar-refractivity contribution in [2.45, 2.75) is 44.6 Å². The second-order valence-electron chi connectivity index (χ2n) is 8.07. The molecule has 0 bridgehead atoms. The summed E-state index contributed by atoms with van der Waals surface area (Å²) in [4.78, 5) is 17.8. The number of aliphatic imine (C=N–C) groups is 1. The van der Waals surface area contributed by atoms with Crippen molar-refractivity contribution in [1.82, 2.24) is 15.5 Å². The first kappa shape index (κ1) is 25.6. The Balaban J connectivity index is 0.00000420. The summed E-state index contributed by atoms with van der Waals surface area (Å²) in [6.07, 6.45) is 3.44. The number of nitrogens with zero attached hydrogens (tertiary/aromatic N) is 2.